The molecule has 150 valence electrons. The van der Waals surface area contributed by atoms with Crippen LogP contribution in [0.2, 0.25) is 5.02 Å². The Balaban J connectivity index is 1.82. The molecule has 3 rings (SSSR count). The number of carbonyl (C=O) groups is 1. The number of benzene rings is 2. The predicted molar refractivity (Wildman–Crippen MR) is 103 cm³/mol. The van der Waals surface area contributed by atoms with Crippen LogP contribution in [0.3, 0.4) is 0 Å². The fourth-order valence-electron chi connectivity index (χ4n) is 2.36. The maximum atomic E-state index is 13.4. The van der Waals surface area contributed by atoms with E-state index in [4.69, 9.17) is 11.6 Å². The lowest BCUT2D eigenvalue weighted by atomic mass is 10.2. The third-order valence-electron chi connectivity index (χ3n) is 3.75. The van der Waals surface area contributed by atoms with Crippen molar-refractivity contribution in [3.8, 4) is 0 Å². The first-order valence-electron chi connectivity index (χ1n) is 8.35. The number of amides is 1. The van der Waals surface area contributed by atoms with Crippen molar-refractivity contribution in [1.82, 2.24) is 15.5 Å². The maximum absolute atomic E-state index is 13.4. The van der Waals surface area contributed by atoms with E-state index < -0.39 is 23.4 Å². The van der Waals surface area contributed by atoms with E-state index in [0.717, 1.165) is 17.8 Å². The van der Waals surface area contributed by atoms with E-state index in [0.29, 0.717) is 16.4 Å². The number of rotatable bonds is 4. The summed E-state index contributed by atoms with van der Waals surface area (Å²) in [5.74, 6) is -4.33. The van der Waals surface area contributed by atoms with Crippen LogP contribution in [0.15, 0.2) is 47.5 Å². The van der Waals surface area contributed by atoms with Gasteiger partial charge < -0.3 is 5.32 Å². The molecule has 2 aromatic carbocycles. The molecule has 3 aromatic rings. The topological polar surface area (TPSA) is 82.2 Å². The molecule has 0 bridgehead atoms. The number of guanidine groups is 1. The van der Waals surface area contributed by atoms with Crippen molar-refractivity contribution in [2.24, 2.45) is 4.99 Å². The Labute approximate surface area is 168 Å². The second kappa shape index (κ2) is 8.78. The van der Waals surface area contributed by atoms with Gasteiger partial charge >= 0.3 is 0 Å². The molecule has 1 aromatic heterocycles. The molecule has 6 nitrogen and oxygen atoms in total. The zero-order valence-corrected chi connectivity index (χ0v) is 15.8. The normalized spacial score (nSPS) is 11.4. The van der Waals surface area contributed by atoms with Gasteiger partial charge in [0.2, 0.25) is 5.96 Å². The lowest BCUT2D eigenvalue weighted by Crippen LogP contribution is -2.36. The molecule has 0 radical (unpaired) electrons. The second-order valence-corrected chi connectivity index (χ2v) is 6.50. The highest BCUT2D eigenvalue weighted by molar-refractivity contribution is 6.30. The molecule has 0 aliphatic carbocycles. The zero-order valence-electron chi connectivity index (χ0n) is 15.1. The summed E-state index contributed by atoms with van der Waals surface area (Å²) in [4.78, 5) is 16.6. The van der Waals surface area contributed by atoms with Crippen LogP contribution in [0.4, 0.5) is 19.0 Å². The first kappa shape index (κ1) is 20.4. The number of aromatic nitrogens is 2. The van der Waals surface area contributed by atoms with Crippen LogP contribution in [0, 0.1) is 24.4 Å². The maximum Gasteiger partial charge on any atom is 0.257 e. The summed E-state index contributed by atoms with van der Waals surface area (Å²) in [6, 6.07) is 9.50. The lowest BCUT2D eigenvalue weighted by Gasteiger charge is -2.10. The molecule has 0 aliphatic rings. The summed E-state index contributed by atoms with van der Waals surface area (Å²) in [6.07, 6.45) is 0. The number of anilines is 1. The molecule has 0 aliphatic heterocycles. The van der Waals surface area contributed by atoms with E-state index in [1.54, 1.807) is 25.1 Å². The van der Waals surface area contributed by atoms with E-state index in [1.165, 1.54) is 12.1 Å². The van der Waals surface area contributed by atoms with Gasteiger partial charge in [-0.2, -0.15) is 5.10 Å². The van der Waals surface area contributed by atoms with Gasteiger partial charge in [0, 0.05) is 22.3 Å². The van der Waals surface area contributed by atoms with Crippen molar-refractivity contribution in [1.29, 1.82) is 0 Å². The largest absolute Gasteiger partial charge is 0.309 e. The van der Waals surface area contributed by atoms with Crippen LogP contribution in [-0.4, -0.2) is 22.1 Å². The summed E-state index contributed by atoms with van der Waals surface area (Å²) in [5, 5.41) is 12.6. The molecule has 29 heavy (non-hydrogen) atoms. The second-order valence-electron chi connectivity index (χ2n) is 6.06. The minimum atomic E-state index is -1.56. The van der Waals surface area contributed by atoms with Crippen molar-refractivity contribution in [3.05, 3.63) is 81.8 Å². The number of nitrogens with zero attached hydrogens (tertiary/aromatic N) is 2. The molecule has 0 saturated heterocycles. The van der Waals surface area contributed by atoms with Crippen LogP contribution >= 0.6 is 11.6 Å². The van der Waals surface area contributed by atoms with Crippen molar-refractivity contribution in [2.45, 2.75) is 13.5 Å². The minimum Gasteiger partial charge on any atom is -0.309 e. The SMILES string of the molecule is Cc1cc(NC(=NCc2cc(F)c(F)c(F)c2)NC(=O)c2ccc(Cl)cc2)n[nH]1. The standard InChI is InChI=1S/C19H15ClF3N5O/c1-10-6-16(28-27-10)25-19(26-18(29)12-2-4-13(20)5-3-12)24-9-11-7-14(21)17(23)15(22)8-11/h2-8H,9H2,1H3,(H3,24,25,26,27,28,29). The van der Waals surface area contributed by atoms with Gasteiger partial charge in [0.25, 0.3) is 5.91 Å². The molecule has 0 saturated carbocycles. The molecule has 0 fully saturated rings. The van der Waals surface area contributed by atoms with Crippen molar-refractivity contribution < 1.29 is 18.0 Å². The van der Waals surface area contributed by atoms with Crippen LogP contribution < -0.4 is 10.6 Å². The fraction of sp³-hybridized carbons (Fsp3) is 0.105. The van der Waals surface area contributed by atoms with E-state index >= 15 is 0 Å². The average Bonchev–Trinajstić information content (AvgIpc) is 3.09. The van der Waals surface area contributed by atoms with E-state index in [-0.39, 0.29) is 18.1 Å². The number of halogens is 4. The molecule has 0 unspecified atom stereocenters. The van der Waals surface area contributed by atoms with Crippen molar-refractivity contribution >= 4 is 29.3 Å². The highest BCUT2D eigenvalue weighted by atomic mass is 35.5. The van der Waals surface area contributed by atoms with E-state index in [9.17, 15) is 18.0 Å². The Morgan fingerprint density at radius 3 is 2.38 bits per heavy atom. The summed E-state index contributed by atoms with van der Waals surface area (Å²) in [7, 11) is 0. The molecule has 10 heteroatoms. The highest BCUT2D eigenvalue weighted by Gasteiger charge is 2.13. The molecule has 0 atom stereocenters. The Kier molecular flexibility index (Phi) is 6.18. The summed E-state index contributed by atoms with van der Waals surface area (Å²) < 4.78 is 39.9. The molecule has 0 spiro atoms. The van der Waals surface area contributed by atoms with E-state index in [2.05, 4.69) is 25.8 Å². The van der Waals surface area contributed by atoms with Gasteiger partial charge in [-0.3, -0.25) is 15.2 Å². The van der Waals surface area contributed by atoms with Gasteiger partial charge in [-0.05, 0) is 48.9 Å². The minimum absolute atomic E-state index is 0.0124. The van der Waals surface area contributed by atoms with Crippen LogP contribution in [0.1, 0.15) is 21.6 Å². The van der Waals surface area contributed by atoms with Gasteiger partial charge in [0.15, 0.2) is 23.3 Å². The summed E-state index contributed by atoms with van der Waals surface area (Å²) in [6.45, 7) is 1.56. The number of aromatic amines is 1. The van der Waals surface area contributed by atoms with Crippen LogP contribution in [0.25, 0.3) is 0 Å². The average molecular weight is 422 g/mol. The van der Waals surface area contributed by atoms with Crippen LogP contribution in [0.5, 0.6) is 0 Å². The number of hydrogen-bond acceptors (Lipinski definition) is 3. The van der Waals surface area contributed by atoms with Gasteiger partial charge in [0.1, 0.15) is 0 Å². The third kappa shape index (κ3) is 5.35. The predicted octanol–water partition coefficient (Wildman–Crippen LogP) is 4.19. The Bertz CT molecular complexity index is 1040. The smallest absolute Gasteiger partial charge is 0.257 e. The Morgan fingerprint density at radius 2 is 1.79 bits per heavy atom. The fourth-order valence-corrected chi connectivity index (χ4v) is 2.49. The van der Waals surface area contributed by atoms with E-state index in [1.807, 2.05) is 0 Å². The number of aryl methyl sites for hydroxylation is 1. The number of aliphatic imine (C=N–C) groups is 1. The monoisotopic (exact) mass is 421 g/mol. The molecular weight excluding hydrogens is 407 g/mol. The Hall–Kier alpha value is -3.33. The van der Waals surface area contributed by atoms with Crippen molar-refractivity contribution in [2.75, 3.05) is 5.32 Å². The number of H-pyrrole nitrogens is 1. The van der Waals surface area contributed by atoms with Gasteiger partial charge in [0.05, 0.1) is 6.54 Å². The number of nitrogens with one attached hydrogen (secondary N) is 3. The van der Waals surface area contributed by atoms with Gasteiger partial charge in [-0.25, -0.2) is 18.2 Å². The molecule has 1 heterocycles. The highest BCUT2D eigenvalue weighted by Crippen LogP contribution is 2.15. The summed E-state index contributed by atoms with van der Waals surface area (Å²) >= 11 is 5.82. The van der Waals surface area contributed by atoms with Gasteiger partial charge in [-0.1, -0.05) is 11.6 Å². The number of hydrogen-bond donors (Lipinski definition) is 3. The Morgan fingerprint density at radius 1 is 1.14 bits per heavy atom. The first-order chi connectivity index (χ1) is 13.8. The molecule has 1 amide bonds. The summed E-state index contributed by atoms with van der Waals surface area (Å²) in [5.41, 5.74) is 1.17. The third-order valence-corrected chi connectivity index (χ3v) is 4.01. The molecule has 3 N–H and O–H groups in total. The van der Waals surface area contributed by atoms with Crippen molar-refractivity contribution in [3.63, 3.8) is 0 Å². The number of carbonyl (C=O) groups excluding carboxylic acids is 1. The first-order valence-corrected chi connectivity index (χ1v) is 8.73. The van der Waals surface area contributed by atoms with Gasteiger partial charge in [-0.15, -0.1) is 0 Å². The zero-order chi connectivity index (χ0) is 21.0. The molecular formula is C19H15ClF3N5O. The lowest BCUT2D eigenvalue weighted by molar-refractivity contribution is 0.0977. The quantitative estimate of drug-likeness (QED) is 0.335. The van der Waals surface area contributed by atoms with Crippen LogP contribution in [-0.2, 0) is 6.54 Å².